The normalized spacial score (nSPS) is 14.5. The Morgan fingerprint density at radius 2 is 1.89 bits per heavy atom. The fourth-order valence-corrected chi connectivity index (χ4v) is 2.37. The summed E-state index contributed by atoms with van der Waals surface area (Å²) in [5.41, 5.74) is 4.02. The maximum absolute atomic E-state index is 5.90. The monoisotopic (exact) mass is 249 g/mol. The summed E-state index contributed by atoms with van der Waals surface area (Å²) >= 11 is 0. The van der Waals surface area contributed by atoms with Gasteiger partial charge in [-0.1, -0.05) is 31.5 Å². The van der Waals surface area contributed by atoms with Crippen LogP contribution in [0.1, 0.15) is 49.4 Å². The van der Waals surface area contributed by atoms with Crippen molar-refractivity contribution in [2.45, 2.75) is 52.7 Å². The molecule has 1 aromatic carbocycles. The minimum absolute atomic E-state index is 0.257. The van der Waals surface area contributed by atoms with Crippen LogP contribution < -0.4 is 5.32 Å². The van der Waals surface area contributed by atoms with E-state index in [-0.39, 0.29) is 12.1 Å². The smallest absolute Gasteiger partial charge is 0.0769 e. The molecule has 1 rings (SSSR count). The Balaban J connectivity index is 2.94. The van der Waals surface area contributed by atoms with Crippen molar-refractivity contribution in [3.05, 3.63) is 34.9 Å². The Hall–Kier alpha value is -0.860. The average Bonchev–Trinajstić information content (AvgIpc) is 2.35. The SMILES string of the molecule is CCCC(OCC)C(NC)c1ccc(C)c(C)c1. The van der Waals surface area contributed by atoms with Gasteiger partial charge >= 0.3 is 0 Å². The molecule has 2 heteroatoms. The molecule has 0 aliphatic heterocycles. The maximum atomic E-state index is 5.90. The minimum Gasteiger partial charge on any atom is -0.377 e. The van der Waals surface area contributed by atoms with E-state index in [2.05, 4.69) is 51.2 Å². The van der Waals surface area contributed by atoms with Gasteiger partial charge in [-0.3, -0.25) is 0 Å². The van der Waals surface area contributed by atoms with Crippen LogP contribution in [0, 0.1) is 13.8 Å². The van der Waals surface area contributed by atoms with Crippen molar-refractivity contribution in [1.29, 1.82) is 0 Å². The highest BCUT2D eigenvalue weighted by atomic mass is 16.5. The lowest BCUT2D eigenvalue weighted by molar-refractivity contribution is 0.0295. The van der Waals surface area contributed by atoms with Crippen LogP contribution in [0.2, 0.25) is 0 Å². The molecule has 0 radical (unpaired) electrons. The van der Waals surface area contributed by atoms with Gasteiger partial charge in [-0.2, -0.15) is 0 Å². The van der Waals surface area contributed by atoms with Crippen LogP contribution in [-0.2, 0) is 4.74 Å². The van der Waals surface area contributed by atoms with Crippen molar-refractivity contribution in [3.8, 4) is 0 Å². The summed E-state index contributed by atoms with van der Waals surface area (Å²) in [6, 6.07) is 6.97. The summed E-state index contributed by atoms with van der Waals surface area (Å²) in [4.78, 5) is 0. The molecular weight excluding hydrogens is 222 g/mol. The predicted octanol–water partition coefficient (Wildman–Crippen LogP) is 3.77. The van der Waals surface area contributed by atoms with Crippen molar-refractivity contribution in [1.82, 2.24) is 5.32 Å². The highest BCUT2D eigenvalue weighted by Crippen LogP contribution is 2.24. The number of likely N-dealkylation sites (N-methyl/N-ethyl adjacent to an activating group) is 1. The molecule has 0 bridgehead atoms. The van der Waals surface area contributed by atoms with Crippen LogP contribution >= 0.6 is 0 Å². The largest absolute Gasteiger partial charge is 0.377 e. The first-order chi connectivity index (χ1) is 8.63. The molecule has 0 spiro atoms. The molecule has 0 amide bonds. The van der Waals surface area contributed by atoms with Gasteiger partial charge in [0.2, 0.25) is 0 Å². The zero-order valence-electron chi connectivity index (χ0n) is 12.4. The Labute approximate surface area is 112 Å². The molecule has 1 N–H and O–H groups in total. The third kappa shape index (κ3) is 3.82. The number of ether oxygens (including phenoxy) is 1. The number of nitrogens with one attached hydrogen (secondary N) is 1. The van der Waals surface area contributed by atoms with Crippen molar-refractivity contribution in [2.24, 2.45) is 0 Å². The van der Waals surface area contributed by atoms with E-state index < -0.39 is 0 Å². The third-order valence-corrected chi connectivity index (χ3v) is 3.53. The standard InChI is InChI=1S/C16H27NO/c1-6-8-15(18-7-2)16(17-5)14-10-9-12(3)13(4)11-14/h9-11,15-17H,6-8H2,1-5H3. The molecule has 2 nitrogen and oxygen atoms in total. The third-order valence-electron chi connectivity index (χ3n) is 3.53. The summed E-state index contributed by atoms with van der Waals surface area (Å²) in [5.74, 6) is 0. The molecular formula is C16H27NO. The van der Waals surface area contributed by atoms with Gasteiger partial charge in [0.05, 0.1) is 12.1 Å². The van der Waals surface area contributed by atoms with Crippen LogP contribution in [0.4, 0.5) is 0 Å². The summed E-state index contributed by atoms with van der Waals surface area (Å²) in [7, 11) is 2.02. The molecule has 0 aromatic heterocycles. The summed E-state index contributed by atoms with van der Waals surface area (Å²) in [5, 5.41) is 3.41. The lowest BCUT2D eigenvalue weighted by Crippen LogP contribution is -2.31. The highest BCUT2D eigenvalue weighted by Gasteiger charge is 2.21. The Morgan fingerprint density at radius 1 is 1.17 bits per heavy atom. The summed E-state index contributed by atoms with van der Waals surface area (Å²) in [6.07, 6.45) is 2.49. The zero-order chi connectivity index (χ0) is 13.5. The fourth-order valence-electron chi connectivity index (χ4n) is 2.37. The number of rotatable bonds is 7. The van der Waals surface area contributed by atoms with Crippen LogP contribution in [0.25, 0.3) is 0 Å². The lowest BCUT2D eigenvalue weighted by atomic mass is 9.95. The number of aryl methyl sites for hydroxylation is 2. The van der Waals surface area contributed by atoms with E-state index in [0.717, 1.165) is 19.4 Å². The van der Waals surface area contributed by atoms with Crippen LogP contribution in [0.5, 0.6) is 0 Å². The molecule has 2 atom stereocenters. The van der Waals surface area contributed by atoms with E-state index in [4.69, 9.17) is 4.74 Å². The van der Waals surface area contributed by atoms with Crippen molar-refractivity contribution < 1.29 is 4.74 Å². The van der Waals surface area contributed by atoms with E-state index in [1.807, 2.05) is 7.05 Å². The number of benzene rings is 1. The predicted molar refractivity (Wildman–Crippen MR) is 78.0 cm³/mol. The maximum Gasteiger partial charge on any atom is 0.0769 e. The van der Waals surface area contributed by atoms with Gasteiger partial charge in [0, 0.05) is 6.61 Å². The fraction of sp³-hybridized carbons (Fsp3) is 0.625. The van der Waals surface area contributed by atoms with E-state index in [1.165, 1.54) is 16.7 Å². The van der Waals surface area contributed by atoms with Gasteiger partial charge in [0.1, 0.15) is 0 Å². The molecule has 18 heavy (non-hydrogen) atoms. The number of hydrogen-bond donors (Lipinski definition) is 1. The van der Waals surface area contributed by atoms with E-state index >= 15 is 0 Å². The second-order valence-corrected chi connectivity index (χ2v) is 4.89. The van der Waals surface area contributed by atoms with Gasteiger partial charge in [-0.15, -0.1) is 0 Å². The molecule has 1 aromatic rings. The summed E-state index contributed by atoms with van der Waals surface area (Å²) in [6.45, 7) is 9.36. The zero-order valence-corrected chi connectivity index (χ0v) is 12.4. The average molecular weight is 249 g/mol. The van der Waals surface area contributed by atoms with Gasteiger partial charge in [-0.25, -0.2) is 0 Å². The van der Waals surface area contributed by atoms with Crippen LogP contribution in [-0.4, -0.2) is 19.8 Å². The topological polar surface area (TPSA) is 21.3 Å². The summed E-state index contributed by atoms with van der Waals surface area (Å²) < 4.78 is 5.90. The molecule has 0 aliphatic rings. The van der Waals surface area contributed by atoms with E-state index in [1.54, 1.807) is 0 Å². The molecule has 0 saturated heterocycles. The van der Waals surface area contributed by atoms with Gasteiger partial charge in [0.25, 0.3) is 0 Å². The van der Waals surface area contributed by atoms with Crippen molar-refractivity contribution in [2.75, 3.05) is 13.7 Å². The second kappa shape index (κ2) is 7.55. The first kappa shape index (κ1) is 15.2. The van der Waals surface area contributed by atoms with Gasteiger partial charge < -0.3 is 10.1 Å². The van der Waals surface area contributed by atoms with Crippen LogP contribution in [0.15, 0.2) is 18.2 Å². The molecule has 2 unspecified atom stereocenters. The van der Waals surface area contributed by atoms with Gasteiger partial charge in [0.15, 0.2) is 0 Å². The Bertz CT molecular complexity index is 356. The highest BCUT2D eigenvalue weighted by molar-refractivity contribution is 5.32. The Kier molecular flexibility index (Phi) is 6.37. The first-order valence-electron chi connectivity index (χ1n) is 7.00. The van der Waals surface area contributed by atoms with Crippen LogP contribution in [0.3, 0.4) is 0 Å². The minimum atomic E-state index is 0.257. The van der Waals surface area contributed by atoms with Crippen molar-refractivity contribution in [3.63, 3.8) is 0 Å². The first-order valence-corrected chi connectivity index (χ1v) is 7.00. The lowest BCUT2D eigenvalue weighted by Gasteiger charge is -2.27. The Morgan fingerprint density at radius 3 is 2.39 bits per heavy atom. The molecule has 102 valence electrons. The van der Waals surface area contributed by atoms with Crippen molar-refractivity contribution >= 4 is 0 Å². The number of hydrogen-bond acceptors (Lipinski definition) is 2. The quantitative estimate of drug-likeness (QED) is 0.794. The van der Waals surface area contributed by atoms with E-state index in [0.29, 0.717) is 0 Å². The molecule has 0 fully saturated rings. The van der Waals surface area contributed by atoms with E-state index in [9.17, 15) is 0 Å². The second-order valence-electron chi connectivity index (χ2n) is 4.89. The molecule has 0 saturated carbocycles. The van der Waals surface area contributed by atoms with Gasteiger partial charge in [-0.05, 0) is 50.9 Å². The molecule has 0 aliphatic carbocycles. The molecule has 0 heterocycles.